The average molecular weight is 337 g/mol. The maximum atomic E-state index is 12.4. The van der Waals surface area contributed by atoms with Crippen molar-refractivity contribution in [3.8, 4) is 11.5 Å². The van der Waals surface area contributed by atoms with E-state index in [1.165, 1.54) is 0 Å². The predicted molar refractivity (Wildman–Crippen MR) is 88.8 cm³/mol. The highest BCUT2D eigenvalue weighted by atomic mass is 16.5. The average Bonchev–Trinajstić information content (AvgIpc) is 3.15. The molecule has 2 aromatic heterocycles. The minimum atomic E-state index is -0.422. The Bertz CT molecular complexity index is 1120. The van der Waals surface area contributed by atoms with E-state index in [1.807, 2.05) is 31.2 Å². The molecule has 0 atom stereocenters. The molecule has 8 nitrogen and oxygen atoms in total. The topological polar surface area (TPSA) is 101 Å². The number of methoxy groups -OCH3 is 1. The molecule has 2 aromatic carbocycles. The summed E-state index contributed by atoms with van der Waals surface area (Å²) >= 11 is 0. The van der Waals surface area contributed by atoms with Crippen molar-refractivity contribution in [3.63, 3.8) is 0 Å². The maximum absolute atomic E-state index is 12.4. The summed E-state index contributed by atoms with van der Waals surface area (Å²) in [5, 5.41) is 16.3. The van der Waals surface area contributed by atoms with Crippen LogP contribution in [0.25, 0.3) is 21.7 Å². The number of rotatable bonds is 4. The normalized spacial score (nSPS) is 11.1. The minimum absolute atomic E-state index is 0.133. The standard InChI is InChI=1S/C17H13N4O4/c1-9-14(24-8-15-18-20-21-19-15)6-5-12-11-4-3-10(23-2)7-13(11)17(22)25-16(9)12/h3-7H,8H2,1-2H3/q-1. The number of hydrogen-bond acceptors (Lipinski definition) is 7. The predicted octanol–water partition coefficient (Wildman–Crippen LogP) is 1.98. The molecule has 2 heterocycles. The molecule has 126 valence electrons. The van der Waals surface area contributed by atoms with Gasteiger partial charge >= 0.3 is 5.63 Å². The van der Waals surface area contributed by atoms with Crippen molar-refractivity contribution in [2.45, 2.75) is 13.5 Å². The Balaban J connectivity index is 1.83. The molecule has 0 aliphatic heterocycles. The van der Waals surface area contributed by atoms with Crippen LogP contribution in [0.4, 0.5) is 0 Å². The van der Waals surface area contributed by atoms with Gasteiger partial charge in [0.25, 0.3) is 0 Å². The molecule has 0 saturated heterocycles. The number of aryl methyl sites for hydroxylation is 1. The fourth-order valence-corrected chi connectivity index (χ4v) is 2.74. The Labute approximate surface area is 141 Å². The molecule has 0 amide bonds. The number of fused-ring (bicyclic) bond motifs is 3. The van der Waals surface area contributed by atoms with Gasteiger partial charge in [-0.15, -0.1) is 0 Å². The van der Waals surface area contributed by atoms with Crippen molar-refractivity contribution in [1.82, 2.24) is 20.6 Å². The van der Waals surface area contributed by atoms with Gasteiger partial charge in [-0.05, 0) is 37.3 Å². The van der Waals surface area contributed by atoms with E-state index in [0.717, 1.165) is 16.3 Å². The second kappa shape index (κ2) is 5.90. The lowest BCUT2D eigenvalue weighted by molar-refractivity contribution is 0.293. The molecule has 0 bridgehead atoms. The molecule has 0 N–H and O–H groups in total. The van der Waals surface area contributed by atoms with Crippen LogP contribution in [0.15, 0.2) is 39.5 Å². The van der Waals surface area contributed by atoms with Gasteiger partial charge in [-0.3, -0.25) is 10.3 Å². The number of hydrogen-bond donors (Lipinski definition) is 0. The third-order valence-corrected chi connectivity index (χ3v) is 4.00. The van der Waals surface area contributed by atoms with Gasteiger partial charge in [0.1, 0.15) is 23.7 Å². The summed E-state index contributed by atoms with van der Waals surface area (Å²) in [5.74, 6) is 1.56. The van der Waals surface area contributed by atoms with E-state index in [0.29, 0.717) is 28.3 Å². The Morgan fingerprint density at radius 2 is 2.00 bits per heavy atom. The lowest BCUT2D eigenvalue weighted by Gasteiger charge is -2.12. The van der Waals surface area contributed by atoms with Crippen LogP contribution < -0.4 is 20.2 Å². The Morgan fingerprint density at radius 3 is 2.76 bits per heavy atom. The number of aromatic nitrogens is 4. The number of ether oxygens (including phenoxy) is 2. The van der Waals surface area contributed by atoms with Gasteiger partial charge in [-0.25, -0.2) is 4.79 Å². The lowest BCUT2D eigenvalue weighted by atomic mass is 10.0. The Hall–Kier alpha value is -3.42. The van der Waals surface area contributed by atoms with Crippen LogP contribution in [0.5, 0.6) is 11.5 Å². The van der Waals surface area contributed by atoms with Crippen molar-refractivity contribution < 1.29 is 13.9 Å². The molecule has 0 spiro atoms. The third-order valence-electron chi connectivity index (χ3n) is 4.00. The molecule has 0 aliphatic carbocycles. The van der Waals surface area contributed by atoms with Crippen molar-refractivity contribution >= 4 is 21.7 Å². The van der Waals surface area contributed by atoms with E-state index < -0.39 is 5.63 Å². The van der Waals surface area contributed by atoms with Gasteiger partial charge in [0, 0.05) is 22.2 Å². The highest BCUT2D eigenvalue weighted by molar-refractivity contribution is 6.05. The van der Waals surface area contributed by atoms with Gasteiger partial charge in [0.2, 0.25) is 0 Å². The molecule has 4 rings (SSSR count). The molecule has 25 heavy (non-hydrogen) atoms. The largest absolute Gasteiger partial charge is 0.497 e. The Kier molecular flexibility index (Phi) is 3.57. The SMILES string of the molecule is COc1ccc2c(c1)c(=O)oc1c(C)c(OCc3nnn[n-]3)ccc12. The molecule has 0 fully saturated rings. The van der Waals surface area contributed by atoms with Crippen LogP contribution in [-0.4, -0.2) is 22.6 Å². The molecule has 0 unspecified atom stereocenters. The summed E-state index contributed by atoms with van der Waals surface area (Å²) in [5.41, 5.74) is 0.786. The van der Waals surface area contributed by atoms with E-state index in [1.54, 1.807) is 13.2 Å². The van der Waals surface area contributed by atoms with Crippen molar-refractivity contribution in [3.05, 3.63) is 52.1 Å². The van der Waals surface area contributed by atoms with Crippen molar-refractivity contribution in [1.29, 1.82) is 0 Å². The smallest absolute Gasteiger partial charge is 0.344 e. The highest BCUT2D eigenvalue weighted by Crippen LogP contribution is 2.32. The number of nitrogens with zero attached hydrogens (tertiary/aromatic N) is 4. The van der Waals surface area contributed by atoms with Gasteiger partial charge < -0.3 is 19.0 Å². The van der Waals surface area contributed by atoms with Crippen LogP contribution in [-0.2, 0) is 6.61 Å². The zero-order valence-corrected chi connectivity index (χ0v) is 13.5. The highest BCUT2D eigenvalue weighted by Gasteiger charge is 2.13. The second-order valence-corrected chi connectivity index (χ2v) is 5.45. The Morgan fingerprint density at radius 1 is 1.16 bits per heavy atom. The number of tetrazole rings is 1. The summed E-state index contributed by atoms with van der Waals surface area (Å²) in [6.45, 7) is 1.96. The van der Waals surface area contributed by atoms with E-state index >= 15 is 0 Å². The second-order valence-electron chi connectivity index (χ2n) is 5.45. The summed E-state index contributed by atoms with van der Waals surface area (Å²) in [6.07, 6.45) is 0. The van der Waals surface area contributed by atoms with Gasteiger partial charge in [0.05, 0.1) is 12.5 Å². The molecule has 0 aliphatic rings. The van der Waals surface area contributed by atoms with Crippen LogP contribution in [0.1, 0.15) is 11.4 Å². The quantitative estimate of drug-likeness (QED) is 0.411. The number of benzene rings is 2. The zero-order valence-electron chi connectivity index (χ0n) is 13.5. The summed E-state index contributed by atoms with van der Waals surface area (Å²) in [4.78, 5) is 12.4. The van der Waals surface area contributed by atoms with Crippen molar-refractivity contribution in [2.24, 2.45) is 0 Å². The van der Waals surface area contributed by atoms with Gasteiger partial charge in [-0.2, -0.15) is 5.21 Å². The molecule has 0 saturated carbocycles. The van der Waals surface area contributed by atoms with Crippen LogP contribution in [0.2, 0.25) is 0 Å². The molecular formula is C17H13N4O4-. The maximum Gasteiger partial charge on any atom is 0.344 e. The first-order chi connectivity index (χ1) is 12.2. The molecular weight excluding hydrogens is 324 g/mol. The first kappa shape index (κ1) is 15.1. The van der Waals surface area contributed by atoms with Crippen molar-refractivity contribution in [2.75, 3.05) is 7.11 Å². The molecule has 0 radical (unpaired) electrons. The van der Waals surface area contributed by atoms with E-state index in [9.17, 15) is 4.79 Å². The zero-order chi connectivity index (χ0) is 17.4. The first-order valence-electron chi connectivity index (χ1n) is 7.52. The summed E-state index contributed by atoms with van der Waals surface area (Å²) < 4.78 is 16.4. The minimum Gasteiger partial charge on any atom is -0.497 e. The van der Waals surface area contributed by atoms with E-state index in [-0.39, 0.29) is 6.61 Å². The van der Waals surface area contributed by atoms with Crippen LogP contribution in [0, 0.1) is 6.92 Å². The summed E-state index contributed by atoms with van der Waals surface area (Å²) in [7, 11) is 1.55. The van der Waals surface area contributed by atoms with Crippen LogP contribution >= 0.6 is 0 Å². The monoisotopic (exact) mass is 337 g/mol. The van der Waals surface area contributed by atoms with E-state index in [4.69, 9.17) is 13.9 Å². The fourth-order valence-electron chi connectivity index (χ4n) is 2.74. The molecule has 8 heteroatoms. The lowest BCUT2D eigenvalue weighted by Crippen LogP contribution is -2.03. The van der Waals surface area contributed by atoms with Crippen LogP contribution in [0.3, 0.4) is 0 Å². The first-order valence-corrected chi connectivity index (χ1v) is 7.52. The summed E-state index contributed by atoms with van der Waals surface area (Å²) in [6, 6.07) is 9.02. The third kappa shape index (κ3) is 2.57. The fraction of sp³-hybridized carbons (Fsp3) is 0.176. The van der Waals surface area contributed by atoms with Gasteiger partial charge in [0.15, 0.2) is 0 Å². The van der Waals surface area contributed by atoms with Gasteiger partial charge in [-0.1, -0.05) is 0 Å². The molecule has 4 aromatic rings. The van der Waals surface area contributed by atoms with E-state index in [2.05, 4.69) is 20.6 Å².